The zero-order valence-electron chi connectivity index (χ0n) is 10.9. The fraction of sp³-hybridized carbons (Fsp3) is 0.0714. The first-order valence-corrected chi connectivity index (χ1v) is 6.67. The van der Waals surface area contributed by atoms with Crippen molar-refractivity contribution in [3.8, 4) is 16.9 Å². The van der Waals surface area contributed by atoms with Crippen LogP contribution in [-0.4, -0.2) is 11.2 Å². The second-order valence-electron chi connectivity index (χ2n) is 4.02. The number of esters is 1. The molecule has 0 aliphatic heterocycles. The molecule has 0 aliphatic carbocycles. The number of benzene rings is 2. The van der Waals surface area contributed by atoms with Gasteiger partial charge in [0, 0.05) is 0 Å². The van der Waals surface area contributed by atoms with Crippen LogP contribution in [-0.2, 0) is 14.2 Å². The van der Waals surface area contributed by atoms with Crippen LogP contribution in [0.2, 0.25) is 0 Å². The fourth-order valence-electron chi connectivity index (χ4n) is 1.60. The van der Waals surface area contributed by atoms with Gasteiger partial charge in [-0.15, -0.1) is 0 Å². The molecular formula is C14H9F2O5S-. The van der Waals surface area contributed by atoms with Gasteiger partial charge in [0.1, 0.15) is 17.8 Å². The number of rotatable bonds is 6. The molecule has 0 radical (unpaired) electrons. The summed E-state index contributed by atoms with van der Waals surface area (Å²) in [4.78, 5) is 11.3. The van der Waals surface area contributed by atoms with Crippen molar-refractivity contribution in [2.75, 3.05) is 0 Å². The molecule has 2 aromatic rings. The Morgan fingerprint density at radius 3 is 2.18 bits per heavy atom. The van der Waals surface area contributed by atoms with Crippen LogP contribution >= 0.6 is 12.0 Å². The summed E-state index contributed by atoms with van der Waals surface area (Å²) in [5.41, 5.74) is 1.77. The Bertz CT molecular complexity index is 619. The number of carbonyl (C=O) groups excluding carboxylic acids is 1. The molecule has 5 nitrogen and oxygen atoms in total. The molecule has 0 aromatic heterocycles. The summed E-state index contributed by atoms with van der Waals surface area (Å²) in [7, 11) is 0. The van der Waals surface area contributed by atoms with Gasteiger partial charge in [0.2, 0.25) is 0 Å². The maximum absolute atomic E-state index is 13.2. The van der Waals surface area contributed by atoms with Crippen LogP contribution in [0.25, 0.3) is 11.1 Å². The van der Waals surface area contributed by atoms with Crippen LogP contribution in [0.4, 0.5) is 8.78 Å². The smallest absolute Gasteiger partial charge is 0.416 e. The predicted octanol–water partition coefficient (Wildman–Crippen LogP) is 2.72. The molecule has 0 atom stereocenters. The summed E-state index contributed by atoms with van der Waals surface area (Å²) >= 11 is -0.737. The van der Waals surface area contributed by atoms with Crippen LogP contribution in [0.5, 0.6) is 5.75 Å². The van der Waals surface area contributed by atoms with Crippen LogP contribution in [0.3, 0.4) is 0 Å². The van der Waals surface area contributed by atoms with Gasteiger partial charge in [-0.2, -0.15) is 13.1 Å². The largest absolute Gasteiger partial charge is 0.691 e. The van der Waals surface area contributed by atoms with E-state index in [-0.39, 0.29) is 5.75 Å². The van der Waals surface area contributed by atoms with E-state index in [1.165, 1.54) is 12.1 Å². The molecule has 116 valence electrons. The lowest BCUT2D eigenvalue weighted by Gasteiger charge is -2.14. The summed E-state index contributed by atoms with van der Waals surface area (Å²) in [6.45, 7) is 0. The van der Waals surface area contributed by atoms with E-state index in [2.05, 4.69) is 14.1 Å². The molecule has 0 bridgehead atoms. The molecule has 2 rings (SSSR count). The minimum absolute atomic E-state index is 0.0620. The minimum atomic E-state index is -4.07. The Morgan fingerprint density at radius 1 is 1.00 bits per heavy atom. The highest BCUT2D eigenvalue weighted by atomic mass is 32.2. The lowest BCUT2D eigenvalue weighted by atomic mass is 10.1. The van der Waals surface area contributed by atoms with Crippen molar-refractivity contribution in [1.29, 1.82) is 0 Å². The van der Waals surface area contributed by atoms with Crippen molar-refractivity contribution in [1.82, 2.24) is 0 Å². The van der Waals surface area contributed by atoms with Crippen molar-refractivity contribution in [3.63, 3.8) is 0 Å². The highest BCUT2D eigenvalue weighted by molar-refractivity contribution is 7.96. The third-order valence-corrected chi connectivity index (χ3v) is 3.08. The van der Waals surface area contributed by atoms with Gasteiger partial charge in [-0.05, 0) is 23.3 Å². The van der Waals surface area contributed by atoms with E-state index in [1.807, 2.05) is 30.3 Å². The Kier molecular flexibility index (Phi) is 5.45. The fourth-order valence-corrected chi connectivity index (χ4v) is 1.83. The Labute approximate surface area is 128 Å². The molecule has 0 N–H and O–H groups in total. The highest BCUT2D eigenvalue weighted by Crippen LogP contribution is 2.32. The SMILES string of the molecule is O=C(Oc1ccc(-c2ccccc2)cc1)C(F)(F)SOO[O-]. The van der Waals surface area contributed by atoms with Crippen molar-refractivity contribution >= 4 is 18.0 Å². The third-order valence-electron chi connectivity index (χ3n) is 2.58. The average molecular weight is 327 g/mol. The van der Waals surface area contributed by atoms with E-state index < -0.39 is 23.3 Å². The second kappa shape index (κ2) is 7.32. The Hall–Kier alpha value is -2.00. The molecule has 0 heterocycles. The van der Waals surface area contributed by atoms with Gasteiger partial charge in [0.05, 0.1) is 0 Å². The molecule has 2 aromatic carbocycles. The van der Waals surface area contributed by atoms with Gasteiger partial charge < -0.3 is 9.99 Å². The van der Waals surface area contributed by atoms with Crippen LogP contribution in [0.1, 0.15) is 0 Å². The number of carbonyl (C=O) groups is 1. The number of ether oxygens (including phenoxy) is 1. The standard InChI is InChI=1S/C14H10F2O5S/c15-14(16,22-21-20-18)13(17)19-12-8-6-11(7-9-12)10-4-2-1-3-5-10/h1-9,18H/p-1. The van der Waals surface area contributed by atoms with Crippen molar-refractivity contribution in [2.24, 2.45) is 0 Å². The van der Waals surface area contributed by atoms with Crippen LogP contribution in [0, 0.1) is 0 Å². The number of alkyl halides is 2. The maximum Gasteiger partial charge on any atom is 0.416 e. The molecular weight excluding hydrogens is 318 g/mol. The Morgan fingerprint density at radius 2 is 1.59 bits per heavy atom. The summed E-state index contributed by atoms with van der Waals surface area (Å²) < 4.78 is 34.3. The molecule has 0 saturated heterocycles. The van der Waals surface area contributed by atoms with Crippen LogP contribution in [0.15, 0.2) is 54.6 Å². The zero-order chi connectivity index (χ0) is 16.0. The lowest BCUT2D eigenvalue weighted by molar-refractivity contribution is -0.777. The van der Waals surface area contributed by atoms with Gasteiger partial charge in [-0.1, -0.05) is 42.5 Å². The minimum Gasteiger partial charge on any atom is -0.691 e. The maximum atomic E-state index is 13.2. The number of hydrogen-bond donors (Lipinski definition) is 0. The molecule has 0 saturated carbocycles. The van der Waals surface area contributed by atoms with Gasteiger partial charge in [0.25, 0.3) is 0 Å². The monoisotopic (exact) mass is 327 g/mol. The molecule has 0 amide bonds. The van der Waals surface area contributed by atoms with Gasteiger partial charge >= 0.3 is 11.2 Å². The van der Waals surface area contributed by atoms with Crippen molar-refractivity contribution in [2.45, 2.75) is 5.25 Å². The van der Waals surface area contributed by atoms with E-state index in [0.717, 1.165) is 11.1 Å². The summed E-state index contributed by atoms with van der Waals surface area (Å²) in [6.07, 6.45) is 0. The van der Waals surface area contributed by atoms with E-state index in [1.54, 1.807) is 12.1 Å². The molecule has 8 heteroatoms. The number of hydrogen-bond acceptors (Lipinski definition) is 6. The first-order valence-electron chi connectivity index (χ1n) is 5.93. The van der Waals surface area contributed by atoms with E-state index >= 15 is 0 Å². The van der Waals surface area contributed by atoms with E-state index in [0.29, 0.717) is 0 Å². The van der Waals surface area contributed by atoms with Crippen molar-refractivity contribution in [3.05, 3.63) is 54.6 Å². The average Bonchev–Trinajstić information content (AvgIpc) is 2.54. The van der Waals surface area contributed by atoms with Crippen molar-refractivity contribution < 1.29 is 32.9 Å². The highest BCUT2D eigenvalue weighted by Gasteiger charge is 2.44. The van der Waals surface area contributed by atoms with Gasteiger partial charge in [-0.25, -0.2) is 4.79 Å². The van der Waals surface area contributed by atoms with E-state index in [4.69, 9.17) is 0 Å². The topological polar surface area (TPSA) is 67.8 Å². The van der Waals surface area contributed by atoms with Gasteiger partial charge in [0.15, 0.2) is 0 Å². The Balaban J connectivity index is 2.04. The molecule has 22 heavy (non-hydrogen) atoms. The third kappa shape index (κ3) is 4.25. The predicted molar refractivity (Wildman–Crippen MR) is 72.2 cm³/mol. The molecule has 0 unspecified atom stereocenters. The van der Waals surface area contributed by atoms with E-state index in [9.17, 15) is 18.8 Å². The first kappa shape index (κ1) is 16.4. The molecule has 0 aliphatic rings. The van der Waals surface area contributed by atoms with Crippen LogP contribution < -0.4 is 9.99 Å². The summed E-state index contributed by atoms with van der Waals surface area (Å²) in [5, 5.41) is 8.20. The summed E-state index contributed by atoms with van der Waals surface area (Å²) in [5.74, 6) is -1.94. The second-order valence-corrected chi connectivity index (χ2v) is 4.83. The molecule has 0 spiro atoms. The first-order chi connectivity index (χ1) is 10.5. The molecule has 0 fully saturated rings. The number of halogens is 2. The summed E-state index contributed by atoms with van der Waals surface area (Å²) in [6, 6.07) is 15.4. The normalized spacial score (nSPS) is 11.2. The quantitative estimate of drug-likeness (QED) is 0.267. The lowest BCUT2D eigenvalue weighted by Crippen LogP contribution is -2.30. The van der Waals surface area contributed by atoms with Gasteiger partial charge in [-0.3, -0.25) is 5.04 Å². The zero-order valence-corrected chi connectivity index (χ0v) is 11.7.